The van der Waals surface area contributed by atoms with E-state index in [1.807, 2.05) is 0 Å². The molecular weight excluding hydrogens is 678 g/mol. The molecule has 0 amide bonds. The van der Waals surface area contributed by atoms with Crippen molar-refractivity contribution in [1.82, 2.24) is 9.80 Å². The van der Waals surface area contributed by atoms with Crippen LogP contribution < -0.4 is 0 Å². The summed E-state index contributed by atoms with van der Waals surface area (Å²) in [6.07, 6.45) is 9.75. The van der Waals surface area contributed by atoms with E-state index in [-0.39, 0.29) is 19.5 Å². The predicted octanol–water partition coefficient (Wildman–Crippen LogP) is 12.1. The SMILES string of the molecule is CC(CCN(CCC(C)CC(C)(C)C)C(=S)[S-])CC(C)(C)C.CC(CCN(CCC(C)CC(C)(C)C)C(=S)[S-])CC(C)(C)C.[Zn+2]. The Morgan fingerprint density at radius 2 is 0.600 bits per heavy atom. The van der Waals surface area contributed by atoms with Gasteiger partial charge in [0.1, 0.15) is 0 Å². The Morgan fingerprint density at radius 3 is 0.711 bits per heavy atom. The fourth-order valence-corrected chi connectivity index (χ4v) is 7.41. The molecule has 0 aliphatic rings. The van der Waals surface area contributed by atoms with E-state index in [4.69, 9.17) is 49.7 Å². The zero-order valence-corrected chi connectivity index (χ0v) is 39.3. The fourth-order valence-electron chi connectivity index (χ4n) is 6.68. The molecule has 0 aromatic rings. The van der Waals surface area contributed by atoms with Gasteiger partial charge in [-0.15, -0.1) is 0 Å². The van der Waals surface area contributed by atoms with Gasteiger partial charge in [-0.3, -0.25) is 0 Å². The van der Waals surface area contributed by atoms with Crippen molar-refractivity contribution >= 4 is 58.3 Å². The minimum absolute atomic E-state index is 0. The largest absolute Gasteiger partial charge is 2.00 e. The second-order valence-corrected chi connectivity index (χ2v) is 21.2. The molecule has 0 N–H and O–H groups in total. The van der Waals surface area contributed by atoms with E-state index in [2.05, 4.69) is 121 Å². The van der Waals surface area contributed by atoms with Crippen LogP contribution in [0.3, 0.4) is 0 Å². The molecule has 4 unspecified atom stereocenters. The van der Waals surface area contributed by atoms with Crippen LogP contribution in [0.2, 0.25) is 0 Å². The van der Waals surface area contributed by atoms with Gasteiger partial charge >= 0.3 is 19.5 Å². The van der Waals surface area contributed by atoms with Gasteiger partial charge < -0.3 is 59.5 Å². The van der Waals surface area contributed by atoms with Crippen LogP contribution in [-0.4, -0.2) is 44.6 Å². The van der Waals surface area contributed by atoms with E-state index in [0.29, 0.717) is 30.3 Å². The van der Waals surface area contributed by atoms with E-state index < -0.39 is 0 Å². The first-order valence-electron chi connectivity index (χ1n) is 17.5. The van der Waals surface area contributed by atoms with Crippen molar-refractivity contribution in [2.24, 2.45) is 45.3 Å². The van der Waals surface area contributed by atoms with Crippen LogP contribution in [0.15, 0.2) is 0 Å². The molecule has 45 heavy (non-hydrogen) atoms. The number of hydrogen-bond acceptors (Lipinski definition) is 4. The smallest absolute Gasteiger partial charge is 0.411 e. The van der Waals surface area contributed by atoms with Crippen molar-refractivity contribution in [3.05, 3.63) is 0 Å². The van der Waals surface area contributed by atoms with Gasteiger partial charge in [0, 0.05) is 26.2 Å². The van der Waals surface area contributed by atoms with Crippen molar-refractivity contribution in [3.8, 4) is 0 Å². The minimum atomic E-state index is 0. The zero-order valence-electron chi connectivity index (χ0n) is 33.0. The summed E-state index contributed by atoms with van der Waals surface area (Å²) in [5, 5.41) is 0. The molecular formula is C38H76N2S4Zn. The van der Waals surface area contributed by atoms with Gasteiger partial charge in [0.2, 0.25) is 0 Å². The molecule has 0 rings (SSSR count). The quantitative estimate of drug-likeness (QED) is 0.0873. The summed E-state index contributed by atoms with van der Waals surface area (Å²) in [6.45, 7) is 41.2. The summed E-state index contributed by atoms with van der Waals surface area (Å²) in [4.78, 5) is 4.48. The Labute approximate surface area is 319 Å². The summed E-state index contributed by atoms with van der Waals surface area (Å²) in [6, 6.07) is 0. The first kappa shape index (κ1) is 50.2. The van der Waals surface area contributed by atoms with Crippen molar-refractivity contribution in [3.63, 3.8) is 0 Å². The Hall–Kier alpha value is 0.843. The molecule has 0 aromatic carbocycles. The van der Waals surface area contributed by atoms with Crippen molar-refractivity contribution < 1.29 is 19.5 Å². The van der Waals surface area contributed by atoms with Gasteiger partial charge in [0.05, 0.1) is 0 Å². The monoisotopic (exact) mass is 752 g/mol. The number of hydrogen-bond donors (Lipinski definition) is 0. The third-order valence-electron chi connectivity index (χ3n) is 7.93. The Balaban J connectivity index is -0.000000767. The normalized spacial score (nSPS) is 15.1. The summed E-state index contributed by atoms with van der Waals surface area (Å²) in [5.74, 6) is 2.88. The molecule has 0 bridgehead atoms. The maximum atomic E-state index is 5.28. The molecule has 0 aromatic heterocycles. The van der Waals surface area contributed by atoms with E-state index in [1.54, 1.807) is 0 Å². The topological polar surface area (TPSA) is 6.48 Å². The molecule has 4 atom stereocenters. The zero-order chi connectivity index (χ0) is 35.1. The minimum Gasteiger partial charge on any atom is -0.411 e. The van der Waals surface area contributed by atoms with Crippen molar-refractivity contribution in [2.75, 3.05) is 26.2 Å². The first-order chi connectivity index (χ1) is 19.6. The van der Waals surface area contributed by atoms with E-state index in [0.717, 1.165) is 49.9 Å². The molecule has 0 aliphatic carbocycles. The van der Waals surface area contributed by atoms with Gasteiger partial charge in [-0.2, -0.15) is 0 Å². The maximum absolute atomic E-state index is 5.28. The summed E-state index contributed by atoms with van der Waals surface area (Å²) >= 11 is 21.1. The molecule has 2 nitrogen and oxygen atoms in total. The van der Waals surface area contributed by atoms with Crippen LogP contribution >= 0.6 is 24.4 Å². The average molecular weight is 755 g/mol. The second-order valence-electron chi connectivity index (χ2n) is 19.1. The van der Waals surface area contributed by atoms with E-state index in [9.17, 15) is 0 Å². The van der Waals surface area contributed by atoms with Crippen LogP contribution in [0, 0.1) is 45.3 Å². The molecule has 7 heteroatoms. The Bertz CT molecular complexity index is 672. The molecule has 0 spiro atoms. The van der Waals surface area contributed by atoms with Gasteiger partial charge in [0.25, 0.3) is 0 Å². The molecule has 0 aliphatic heterocycles. The van der Waals surface area contributed by atoms with Crippen molar-refractivity contribution in [2.45, 2.75) is 162 Å². The van der Waals surface area contributed by atoms with Crippen molar-refractivity contribution in [1.29, 1.82) is 0 Å². The van der Waals surface area contributed by atoms with Crippen LogP contribution in [0.25, 0.3) is 0 Å². The third kappa shape index (κ3) is 34.5. The summed E-state index contributed by atoms with van der Waals surface area (Å²) in [7, 11) is 0. The molecule has 0 heterocycles. The van der Waals surface area contributed by atoms with Crippen LogP contribution in [0.5, 0.6) is 0 Å². The summed E-state index contributed by atoms with van der Waals surface area (Å²) < 4.78 is 1.29. The van der Waals surface area contributed by atoms with Gasteiger partial charge in [-0.05, 0) is 96.7 Å². The van der Waals surface area contributed by atoms with Crippen LogP contribution in [0.4, 0.5) is 0 Å². The van der Waals surface area contributed by atoms with Crippen LogP contribution in [-0.2, 0) is 44.7 Å². The maximum Gasteiger partial charge on any atom is 2.00 e. The summed E-state index contributed by atoms with van der Waals surface area (Å²) in [5.41, 5.74) is 1.61. The molecule has 264 valence electrons. The standard InChI is InChI=1S/2C19H39NS2.Zn/c2*1-15(13-18(3,4)5)9-11-20(17(21)22)12-10-16(2)14-19(6,7)8;/h2*15-16H,9-14H2,1-8H3,(H,21,22);/q;;+2/p-2. The fraction of sp³-hybridized carbons (Fsp3) is 0.947. The predicted molar refractivity (Wildman–Crippen MR) is 214 cm³/mol. The second kappa shape index (κ2) is 23.3. The number of nitrogens with zero attached hydrogens (tertiary/aromatic N) is 2. The molecule has 0 fully saturated rings. The van der Waals surface area contributed by atoms with Crippen LogP contribution in [0.1, 0.15) is 162 Å². The number of rotatable bonds is 16. The molecule has 0 saturated carbocycles. The van der Waals surface area contributed by atoms with Gasteiger partial charge in [-0.25, -0.2) is 0 Å². The van der Waals surface area contributed by atoms with E-state index >= 15 is 0 Å². The Kier molecular flexibility index (Phi) is 26.0. The molecule has 0 radical (unpaired) electrons. The number of thiocarbonyl (C=S) groups is 2. The third-order valence-corrected chi connectivity index (χ3v) is 8.96. The van der Waals surface area contributed by atoms with Gasteiger partial charge in [-0.1, -0.05) is 119 Å². The molecule has 0 saturated heterocycles. The Morgan fingerprint density at radius 1 is 0.444 bits per heavy atom. The average Bonchev–Trinajstić information content (AvgIpc) is 2.74. The first-order valence-corrected chi connectivity index (χ1v) is 19.2. The van der Waals surface area contributed by atoms with Gasteiger partial charge in [0.15, 0.2) is 0 Å². The van der Waals surface area contributed by atoms with E-state index in [1.165, 1.54) is 51.4 Å².